The van der Waals surface area contributed by atoms with E-state index in [1.807, 2.05) is 27.8 Å². The minimum Gasteiger partial charge on any atom is -0.322 e. The van der Waals surface area contributed by atoms with E-state index in [4.69, 9.17) is 0 Å². The Labute approximate surface area is 148 Å². The largest absolute Gasteiger partial charge is 0.322 e. The van der Waals surface area contributed by atoms with Crippen LogP contribution in [-0.4, -0.2) is 20.9 Å². The fraction of sp³-hybridized carbons (Fsp3) is 0.474. The van der Waals surface area contributed by atoms with Crippen LogP contribution in [0.25, 0.3) is 0 Å². The average Bonchev–Trinajstić information content (AvgIpc) is 2.81. The van der Waals surface area contributed by atoms with E-state index in [1.165, 1.54) is 17.5 Å². The van der Waals surface area contributed by atoms with Gasteiger partial charge in [-0.2, -0.15) is 5.10 Å². The molecule has 1 aromatic carbocycles. The van der Waals surface area contributed by atoms with Gasteiger partial charge in [0.2, 0.25) is 5.91 Å². The van der Waals surface area contributed by atoms with Crippen LogP contribution in [0.15, 0.2) is 24.3 Å². The van der Waals surface area contributed by atoms with Gasteiger partial charge in [0, 0.05) is 12.3 Å². The van der Waals surface area contributed by atoms with E-state index < -0.39 is 0 Å². The fourth-order valence-corrected chi connectivity index (χ4v) is 4.69. The van der Waals surface area contributed by atoms with Crippen molar-refractivity contribution in [1.82, 2.24) is 9.78 Å². The van der Waals surface area contributed by atoms with Gasteiger partial charge in [0.15, 0.2) is 0 Å². The quantitative estimate of drug-likeness (QED) is 0.906. The lowest BCUT2D eigenvalue weighted by atomic mass is 9.91. The average molecular weight is 343 g/mol. The second-order valence-corrected chi connectivity index (χ2v) is 8.06. The Bertz CT molecular complexity index is 753. The number of fused-ring (bicyclic) bond motifs is 1. The Balaban J connectivity index is 1.69. The summed E-state index contributed by atoms with van der Waals surface area (Å²) in [5, 5.41) is 7.75. The molecular weight excluding hydrogens is 318 g/mol. The highest BCUT2D eigenvalue weighted by Crippen LogP contribution is 2.41. The van der Waals surface area contributed by atoms with Crippen LogP contribution in [0.1, 0.15) is 47.5 Å². The summed E-state index contributed by atoms with van der Waals surface area (Å²) in [6.45, 7) is 5.90. The molecule has 0 aliphatic heterocycles. The number of hydrogen-bond acceptors (Lipinski definition) is 3. The molecule has 2 atom stereocenters. The van der Waals surface area contributed by atoms with Crippen molar-refractivity contribution in [2.24, 2.45) is 7.05 Å². The molecular formula is C19H25N3OS. The number of nitrogens with zero attached hydrogens (tertiary/aromatic N) is 2. The number of aryl methyl sites for hydroxylation is 3. The van der Waals surface area contributed by atoms with Crippen LogP contribution in [0.5, 0.6) is 0 Å². The topological polar surface area (TPSA) is 46.9 Å². The first kappa shape index (κ1) is 17.1. The third-order valence-electron chi connectivity index (χ3n) is 4.81. The Morgan fingerprint density at radius 3 is 2.83 bits per heavy atom. The molecule has 0 radical (unpaired) electrons. The number of carbonyl (C=O) groups excluding carboxylic acids is 1. The molecule has 24 heavy (non-hydrogen) atoms. The number of benzene rings is 1. The van der Waals surface area contributed by atoms with Gasteiger partial charge < -0.3 is 5.32 Å². The van der Waals surface area contributed by atoms with Crippen molar-refractivity contribution in [3.05, 3.63) is 46.8 Å². The lowest BCUT2D eigenvalue weighted by molar-refractivity contribution is -0.115. The lowest BCUT2D eigenvalue weighted by Crippen LogP contribution is -2.24. The molecule has 2 aromatic rings. The maximum atomic E-state index is 12.6. The molecule has 0 saturated heterocycles. The SMILES string of the molecule is Cc1nn(C)c(C)c1NC(=O)C(C)SC1CCCc2ccccc21. The zero-order valence-corrected chi connectivity index (χ0v) is 15.6. The van der Waals surface area contributed by atoms with Gasteiger partial charge in [-0.1, -0.05) is 24.3 Å². The molecule has 1 aliphatic rings. The highest BCUT2D eigenvalue weighted by Gasteiger charge is 2.26. The molecule has 0 saturated carbocycles. The van der Waals surface area contributed by atoms with Crippen LogP contribution in [0.4, 0.5) is 5.69 Å². The molecule has 1 heterocycles. The van der Waals surface area contributed by atoms with Crippen molar-refractivity contribution in [2.75, 3.05) is 5.32 Å². The zero-order chi connectivity index (χ0) is 17.3. The normalized spacial score (nSPS) is 18.1. The van der Waals surface area contributed by atoms with E-state index >= 15 is 0 Å². The number of rotatable bonds is 4. The summed E-state index contributed by atoms with van der Waals surface area (Å²) < 4.78 is 1.81. The number of aromatic nitrogens is 2. The molecule has 2 unspecified atom stereocenters. The van der Waals surface area contributed by atoms with Gasteiger partial charge in [-0.25, -0.2) is 0 Å². The van der Waals surface area contributed by atoms with Crippen LogP contribution in [0.2, 0.25) is 0 Å². The highest BCUT2D eigenvalue weighted by molar-refractivity contribution is 8.00. The van der Waals surface area contributed by atoms with Gasteiger partial charge >= 0.3 is 0 Å². The number of carbonyl (C=O) groups is 1. The standard InChI is InChI=1S/C19H25N3OS/c1-12-18(13(2)22(4)21-12)20-19(23)14(3)24-17-11-7-9-15-8-5-6-10-16(15)17/h5-6,8,10,14,17H,7,9,11H2,1-4H3,(H,20,23). The van der Waals surface area contributed by atoms with E-state index in [9.17, 15) is 4.79 Å². The second kappa shape index (κ2) is 7.01. The summed E-state index contributed by atoms with van der Waals surface area (Å²) in [6.07, 6.45) is 3.50. The lowest BCUT2D eigenvalue weighted by Gasteiger charge is -2.27. The number of thioether (sulfide) groups is 1. The zero-order valence-electron chi connectivity index (χ0n) is 14.8. The number of nitrogens with one attached hydrogen (secondary N) is 1. The van der Waals surface area contributed by atoms with Gasteiger partial charge in [0.25, 0.3) is 0 Å². The minimum absolute atomic E-state index is 0.0576. The molecule has 3 rings (SSSR count). The van der Waals surface area contributed by atoms with E-state index in [2.05, 4.69) is 34.7 Å². The molecule has 0 fully saturated rings. The Hall–Kier alpha value is -1.75. The van der Waals surface area contributed by atoms with Crippen LogP contribution < -0.4 is 5.32 Å². The van der Waals surface area contributed by atoms with Gasteiger partial charge in [0.1, 0.15) is 0 Å². The van der Waals surface area contributed by atoms with Crippen LogP contribution >= 0.6 is 11.8 Å². The Morgan fingerprint density at radius 2 is 2.12 bits per heavy atom. The molecule has 1 N–H and O–H groups in total. The molecule has 4 nitrogen and oxygen atoms in total. The molecule has 0 bridgehead atoms. The number of anilines is 1. The van der Waals surface area contributed by atoms with Crippen molar-refractivity contribution in [1.29, 1.82) is 0 Å². The smallest absolute Gasteiger partial charge is 0.237 e. The minimum atomic E-state index is -0.0971. The predicted molar refractivity (Wildman–Crippen MR) is 100 cm³/mol. The summed E-state index contributed by atoms with van der Waals surface area (Å²) >= 11 is 1.77. The Morgan fingerprint density at radius 1 is 1.38 bits per heavy atom. The van der Waals surface area contributed by atoms with Crippen molar-refractivity contribution < 1.29 is 4.79 Å². The predicted octanol–water partition coefficient (Wildman–Crippen LogP) is 4.17. The third-order valence-corrected chi connectivity index (χ3v) is 6.25. The molecule has 1 aliphatic carbocycles. The van der Waals surface area contributed by atoms with Crippen molar-refractivity contribution in [2.45, 2.75) is 50.5 Å². The number of amides is 1. The van der Waals surface area contributed by atoms with Gasteiger partial charge in [0.05, 0.1) is 22.3 Å². The molecule has 0 spiro atoms. The first-order chi connectivity index (χ1) is 11.5. The van der Waals surface area contributed by atoms with Crippen molar-refractivity contribution in [3.8, 4) is 0 Å². The van der Waals surface area contributed by atoms with Crippen LogP contribution in [-0.2, 0) is 18.3 Å². The summed E-state index contributed by atoms with van der Waals surface area (Å²) in [6, 6.07) is 8.64. The number of hydrogen-bond donors (Lipinski definition) is 1. The summed E-state index contributed by atoms with van der Waals surface area (Å²) in [5.41, 5.74) is 5.54. The first-order valence-corrected chi connectivity index (χ1v) is 9.46. The summed E-state index contributed by atoms with van der Waals surface area (Å²) in [5.74, 6) is 0.0576. The molecule has 1 amide bonds. The van der Waals surface area contributed by atoms with Crippen LogP contribution in [0.3, 0.4) is 0 Å². The van der Waals surface area contributed by atoms with Gasteiger partial charge in [-0.3, -0.25) is 9.48 Å². The molecule has 1 aromatic heterocycles. The van der Waals surface area contributed by atoms with E-state index in [-0.39, 0.29) is 11.2 Å². The van der Waals surface area contributed by atoms with Gasteiger partial charge in [-0.05, 0) is 51.2 Å². The van der Waals surface area contributed by atoms with Gasteiger partial charge in [-0.15, -0.1) is 11.8 Å². The van der Waals surface area contributed by atoms with E-state index in [0.717, 1.165) is 29.9 Å². The monoisotopic (exact) mass is 343 g/mol. The van der Waals surface area contributed by atoms with E-state index in [0.29, 0.717) is 5.25 Å². The molecule has 128 valence electrons. The van der Waals surface area contributed by atoms with E-state index in [1.54, 1.807) is 16.4 Å². The second-order valence-electron chi connectivity index (χ2n) is 6.52. The van der Waals surface area contributed by atoms with Crippen molar-refractivity contribution >= 4 is 23.4 Å². The molecule has 5 heteroatoms. The first-order valence-electron chi connectivity index (χ1n) is 8.51. The third kappa shape index (κ3) is 3.36. The maximum absolute atomic E-state index is 12.6. The fourth-order valence-electron chi connectivity index (χ4n) is 3.34. The summed E-state index contributed by atoms with van der Waals surface area (Å²) in [7, 11) is 1.90. The summed E-state index contributed by atoms with van der Waals surface area (Å²) in [4.78, 5) is 12.6. The maximum Gasteiger partial charge on any atom is 0.237 e. The van der Waals surface area contributed by atoms with Crippen molar-refractivity contribution in [3.63, 3.8) is 0 Å². The Kier molecular flexibility index (Phi) is 4.99. The highest BCUT2D eigenvalue weighted by atomic mass is 32.2. The van der Waals surface area contributed by atoms with Crippen LogP contribution in [0, 0.1) is 13.8 Å².